The molecule has 1 fully saturated rings. The Kier molecular flexibility index (Phi) is 6.27. The first-order valence-corrected chi connectivity index (χ1v) is 8.54. The second-order valence-electron chi connectivity index (χ2n) is 8.95. The Labute approximate surface area is 131 Å². The minimum atomic E-state index is -0.155. The van der Waals surface area contributed by atoms with Crippen molar-refractivity contribution in [2.45, 2.75) is 85.7 Å². The quantitative estimate of drug-likeness (QED) is 0.830. The molecule has 21 heavy (non-hydrogen) atoms. The molecule has 124 valence electrons. The number of amides is 1. The third kappa shape index (κ3) is 6.82. The number of carbonyl (C=O) groups is 1. The van der Waals surface area contributed by atoms with E-state index in [1.807, 2.05) is 27.7 Å². The van der Waals surface area contributed by atoms with Gasteiger partial charge in [-0.15, -0.1) is 0 Å². The zero-order chi connectivity index (χ0) is 16.3. The predicted molar refractivity (Wildman–Crippen MR) is 90.3 cm³/mol. The molecule has 1 aliphatic carbocycles. The molecule has 0 aliphatic heterocycles. The Hall–Kier alpha value is -0.570. The van der Waals surface area contributed by atoms with Gasteiger partial charge in [0.1, 0.15) is 0 Å². The summed E-state index contributed by atoms with van der Waals surface area (Å²) in [5.41, 5.74) is 0.288. The predicted octanol–water partition coefficient (Wildman–Crippen LogP) is 3.73. The van der Waals surface area contributed by atoms with Crippen LogP contribution in [-0.4, -0.2) is 24.0 Å². The third-order valence-corrected chi connectivity index (χ3v) is 4.68. The SMILES string of the molecule is CC(NCC1CCC(C(C)(C)C)CC1)C(=O)NC(C)(C)C. The Morgan fingerprint density at radius 3 is 2.00 bits per heavy atom. The first kappa shape index (κ1) is 18.5. The maximum Gasteiger partial charge on any atom is 0.237 e. The molecule has 1 saturated carbocycles. The summed E-state index contributed by atoms with van der Waals surface area (Å²) >= 11 is 0. The molecule has 0 saturated heterocycles. The van der Waals surface area contributed by atoms with Crippen LogP contribution in [0.25, 0.3) is 0 Å². The minimum Gasteiger partial charge on any atom is -0.350 e. The molecule has 0 aromatic rings. The summed E-state index contributed by atoms with van der Waals surface area (Å²) in [5, 5.41) is 6.45. The normalized spacial score (nSPS) is 25.5. The molecule has 1 atom stereocenters. The van der Waals surface area contributed by atoms with Gasteiger partial charge in [-0.2, -0.15) is 0 Å². The molecule has 0 heterocycles. The molecule has 0 bridgehead atoms. The van der Waals surface area contributed by atoms with E-state index in [-0.39, 0.29) is 17.5 Å². The fourth-order valence-corrected chi connectivity index (χ4v) is 3.15. The topological polar surface area (TPSA) is 41.1 Å². The molecule has 3 nitrogen and oxygen atoms in total. The van der Waals surface area contributed by atoms with Crippen molar-refractivity contribution >= 4 is 5.91 Å². The Morgan fingerprint density at radius 2 is 1.57 bits per heavy atom. The van der Waals surface area contributed by atoms with E-state index < -0.39 is 0 Å². The van der Waals surface area contributed by atoms with Crippen molar-refractivity contribution in [3.05, 3.63) is 0 Å². The fourth-order valence-electron chi connectivity index (χ4n) is 3.15. The molecule has 0 spiro atoms. The average molecular weight is 296 g/mol. The van der Waals surface area contributed by atoms with E-state index in [9.17, 15) is 4.79 Å². The van der Waals surface area contributed by atoms with Crippen molar-refractivity contribution in [1.29, 1.82) is 0 Å². The van der Waals surface area contributed by atoms with Gasteiger partial charge < -0.3 is 10.6 Å². The third-order valence-electron chi connectivity index (χ3n) is 4.68. The van der Waals surface area contributed by atoms with Gasteiger partial charge in [0.25, 0.3) is 0 Å². The first-order valence-electron chi connectivity index (χ1n) is 8.54. The molecule has 0 radical (unpaired) electrons. The second-order valence-corrected chi connectivity index (χ2v) is 8.95. The lowest BCUT2D eigenvalue weighted by Crippen LogP contribution is -2.50. The minimum absolute atomic E-state index is 0.103. The highest BCUT2D eigenvalue weighted by molar-refractivity contribution is 5.81. The molecular formula is C18H36N2O. The second kappa shape index (κ2) is 7.13. The summed E-state index contributed by atoms with van der Waals surface area (Å²) in [5.74, 6) is 1.69. The average Bonchev–Trinajstić information content (AvgIpc) is 2.33. The number of hydrogen-bond donors (Lipinski definition) is 2. The van der Waals surface area contributed by atoms with Gasteiger partial charge in [0.15, 0.2) is 0 Å². The van der Waals surface area contributed by atoms with Crippen molar-refractivity contribution < 1.29 is 4.79 Å². The smallest absolute Gasteiger partial charge is 0.237 e. The van der Waals surface area contributed by atoms with Crippen molar-refractivity contribution in [3.8, 4) is 0 Å². The Morgan fingerprint density at radius 1 is 1.05 bits per heavy atom. The van der Waals surface area contributed by atoms with Gasteiger partial charge in [-0.25, -0.2) is 0 Å². The monoisotopic (exact) mass is 296 g/mol. The van der Waals surface area contributed by atoms with E-state index in [4.69, 9.17) is 0 Å². The van der Waals surface area contributed by atoms with E-state index in [1.165, 1.54) is 25.7 Å². The van der Waals surface area contributed by atoms with Gasteiger partial charge in [-0.1, -0.05) is 20.8 Å². The van der Waals surface area contributed by atoms with Gasteiger partial charge in [-0.05, 0) is 77.2 Å². The summed E-state index contributed by atoms with van der Waals surface area (Å²) in [6.45, 7) is 16.1. The molecular weight excluding hydrogens is 260 g/mol. The standard InChI is InChI=1S/C18H36N2O/c1-13(16(21)20-18(5,6)7)19-12-14-8-10-15(11-9-14)17(2,3)4/h13-15,19H,8-12H2,1-7H3,(H,20,21). The summed E-state index contributed by atoms with van der Waals surface area (Å²) in [6.07, 6.45) is 5.25. The molecule has 1 unspecified atom stereocenters. The van der Waals surface area contributed by atoms with Gasteiger partial charge in [0, 0.05) is 5.54 Å². The van der Waals surface area contributed by atoms with Crippen LogP contribution in [0.3, 0.4) is 0 Å². The Balaban J connectivity index is 2.29. The molecule has 1 amide bonds. The van der Waals surface area contributed by atoms with Crippen LogP contribution in [-0.2, 0) is 4.79 Å². The van der Waals surface area contributed by atoms with Crippen molar-refractivity contribution in [2.24, 2.45) is 17.3 Å². The number of carbonyl (C=O) groups excluding carboxylic acids is 1. The van der Waals surface area contributed by atoms with Gasteiger partial charge in [0.2, 0.25) is 5.91 Å². The molecule has 0 aromatic heterocycles. The molecule has 1 rings (SSSR count). The van der Waals surface area contributed by atoms with Crippen LogP contribution >= 0.6 is 0 Å². The van der Waals surface area contributed by atoms with Crippen molar-refractivity contribution in [2.75, 3.05) is 6.54 Å². The fraction of sp³-hybridized carbons (Fsp3) is 0.944. The zero-order valence-corrected chi connectivity index (χ0v) is 15.2. The lowest BCUT2D eigenvalue weighted by atomic mass is 9.70. The van der Waals surface area contributed by atoms with Crippen LogP contribution in [0.2, 0.25) is 0 Å². The van der Waals surface area contributed by atoms with Crippen LogP contribution in [0.4, 0.5) is 0 Å². The van der Waals surface area contributed by atoms with E-state index in [0.29, 0.717) is 5.41 Å². The summed E-state index contributed by atoms with van der Waals surface area (Å²) in [7, 11) is 0. The van der Waals surface area contributed by atoms with Crippen LogP contribution < -0.4 is 10.6 Å². The lowest BCUT2D eigenvalue weighted by Gasteiger charge is -2.37. The largest absolute Gasteiger partial charge is 0.350 e. The number of hydrogen-bond acceptors (Lipinski definition) is 2. The van der Waals surface area contributed by atoms with E-state index in [1.54, 1.807) is 0 Å². The highest BCUT2D eigenvalue weighted by atomic mass is 16.2. The van der Waals surface area contributed by atoms with Crippen molar-refractivity contribution in [1.82, 2.24) is 10.6 Å². The summed E-state index contributed by atoms with van der Waals surface area (Å²) in [4.78, 5) is 12.0. The highest BCUT2D eigenvalue weighted by Crippen LogP contribution is 2.39. The van der Waals surface area contributed by atoms with Gasteiger partial charge >= 0.3 is 0 Å². The molecule has 1 aliphatic rings. The van der Waals surface area contributed by atoms with Crippen LogP contribution in [0.15, 0.2) is 0 Å². The van der Waals surface area contributed by atoms with Crippen LogP contribution in [0.1, 0.15) is 74.1 Å². The number of rotatable bonds is 4. The first-order chi connectivity index (χ1) is 9.49. The summed E-state index contributed by atoms with van der Waals surface area (Å²) < 4.78 is 0. The Bertz CT molecular complexity index is 330. The lowest BCUT2D eigenvalue weighted by molar-refractivity contribution is -0.124. The van der Waals surface area contributed by atoms with E-state index in [2.05, 4.69) is 31.4 Å². The van der Waals surface area contributed by atoms with E-state index >= 15 is 0 Å². The van der Waals surface area contributed by atoms with Crippen molar-refractivity contribution in [3.63, 3.8) is 0 Å². The molecule has 2 N–H and O–H groups in total. The zero-order valence-electron chi connectivity index (χ0n) is 15.2. The maximum absolute atomic E-state index is 12.0. The summed E-state index contributed by atoms with van der Waals surface area (Å²) in [6, 6.07) is -0.107. The van der Waals surface area contributed by atoms with Crippen LogP contribution in [0.5, 0.6) is 0 Å². The van der Waals surface area contributed by atoms with Gasteiger partial charge in [-0.3, -0.25) is 4.79 Å². The number of nitrogens with one attached hydrogen (secondary N) is 2. The maximum atomic E-state index is 12.0. The molecule has 0 aromatic carbocycles. The van der Waals surface area contributed by atoms with Gasteiger partial charge in [0.05, 0.1) is 6.04 Å². The van der Waals surface area contributed by atoms with Crippen LogP contribution in [0, 0.1) is 17.3 Å². The van der Waals surface area contributed by atoms with E-state index in [0.717, 1.165) is 18.4 Å². The molecule has 3 heteroatoms. The highest BCUT2D eigenvalue weighted by Gasteiger charge is 2.30.